The quantitative estimate of drug-likeness (QED) is 0.237. The van der Waals surface area contributed by atoms with E-state index in [-0.39, 0.29) is 24.6 Å². The molecule has 9 nitrogen and oxygen atoms in total. The van der Waals surface area contributed by atoms with E-state index in [0.29, 0.717) is 44.1 Å². The second kappa shape index (κ2) is 13.4. The fraction of sp³-hybridized carbons (Fsp3) is 0.500. The monoisotopic (exact) mass is 617 g/mol. The molecule has 2 aromatic heterocycles. The smallest absolute Gasteiger partial charge is 0.275 e. The van der Waals surface area contributed by atoms with Crippen LogP contribution in [-0.4, -0.2) is 82.0 Å². The summed E-state index contributed by atoms with van der Waals surface area (Å²) in [6.07, 6.45) is 5.81. The zero-order valence-electron chi connectivity index (χ0n) is 25.9. The molecule has 0 bridgehead atoms. The van der Waals surface area contributed by atoms with E-state index < -0.39 is 5.60 Å². The number of rotatable bonds is 10. The van der Waals surface area contributed by atoms with Gasteiger partial charge in [0.2, 0.25) is 0 Å². The minimum Gasteiger partial charge on any atom is -0.493 e. The Hall–Kier alpha value is -3.31. The Kier molecular flexibility index (Phi) is 9.32. The highest BCUT2D eigenvalue weighted by atomic mass is 32.1. The van der Waals surface area contributed by atoms with Crippen molar-refractivity contribution in [2.45, 2.75) is 69.6 Å². The number of aliphatic hydroxyl groups is 1. The summed E-state index contributed by atoms with van der Waals surface area (Å²) in [6.45, 7) is 7.03. The first-order valence-electron chi connectivity index (χ1n) is 15.8. The third-order valence-corrected chi connectivity index (χ3v) is 10.3. The van der Waals surface area contributed by atoms with Gasteiger partial charge in [0.1, 0.15) is 11.4 Å². The number of amides is 1. The molecule has 0 spiro atoms. The first-order valence-corrected chi connectivity index (χ1v) is 16.6. The largest absolute Gasteiger partial charge is 0.493 e. The van der Waals surface area contributed by atoms with Gasteiger partial charge in [-0.3, -0.25) is 4.79 Å². The number of carbonyl (C=O) groups is 1. The van der Waals surface area contributed by atoms with Gasteiger partial charge in [0, 0.05) is 56.8 Å². The molecule has 1 saturated carbocycles. The molecule has 2 aromatic carbocycles. The Balaban J connectivity index is 1.23. The topological polar surface area (TPSA) is 102 Å². The van der Waals surface area contributed by atoms with Crippen molar-refractivity contribution in [3.8, 4) is 17.0 Å². The van der Waals surface area contributed by atoms with Crippen LogP contribution in [0.4, 0.5) is 0 Å². The number of carbonyl (C=O) groups excluding carboxylic acids is 1. The number of methoxy groups -OCH3 is 1. The summed E-state index contributed by atoms with van der Waals surface area (Å²) in [4.78, 5) is 25.8. The van der Waals surface area contributed by atoms with Crippen LogP contribution in [0.1, 0.15) is 73.4 Å². The lowest BCUT2D eigenvalue weighted by Crippen LogP contribution is -2.54. The van der Waals surface area contributed by atoms with Crippen molar-refractivity contribution < 1.29 is 19.4 Å². The Morgan fingerprint density at radius 1 is 1.20 bits per heavy atom. The number of nitrogens with one attached hydrogen (secondary N) is 1. The minimum atomic E-state index is -1.02. The van der Waals surface area contributed by atoms with Gasteiger partial charge in [-0.1, -0.05) is 57.0 Å². The molecule has 4 aromatic rings. The minimum absolute atomic E-state index is 0.0410. The highest BCUT2D eigenvalue weighted by Gasteiger charge is 2.42. The third-order valence-electron chi connectivity index (χ3n) is 8.93. The van der Waals surface area contributed by atoms with Crippen LogP contribution in [0, 0.1) is 0 Å². The van der Waals surface area contributed by atoms with Gasteiger partial charge < -0.3 is 29.4 Å². The van der Waals surface area contributed by atoms with Crippen molar-refractivity contribution in [3.63, 3.8) is 0 Å². The molecule has 0 unspecified atom stereocenters. The lowest BCUT2D eigenvalue weighted by molar-refractivity contribution is -0.0893. The summed E-state index contributed by atoms with van der Waals surface area (Å²) in [5.74, 6) is 1.10. The van der Waals surface area contributed by atoms with Crippen LogP contribution >= 0.6 is 11.3 Å². The molecule has 1 saturated heterocycles. The number of benzene rings is 2. The number of piperazine rings is 1. The average Bonchev–Trinajstić information content (AvgIpc) is 3.67. The number of nitrogens with zero attached hydrogens (tertiary/aromatic N) is 4. The first kappa shape index (κ1) is 30.7. The van der Waals surface area contributed by atoms with Crippen LogP contribution in [-0.2, 0) is 4.74 Å². The summed E-state index contributed by atoms with van der Waals surface area (Å²) in [5.41, 5.74) is 2.02. The zero-order valence-corrected chi connectivity index (χ0v) is 26.7. The molecule has 2 fully saturated rings. The molecule has 234 valence electrons. The molecule has 2 aliphatic rings. The predicted octanol–water partition coefficient (Wildman–Crippen LogP) is 5.66. The third kappa shape index (κ3) is 6.26. The number of ether oxygens (including phenoxy) is 2. The Morgan fingerprint density at radius 2 is 2.05 bits per heavy atom. The lowest BCUT2D eigenvalue weighted by atomic mass is 9.80. The fourth-order valence-electron chi connectivity index (χ4n) is 6.65. The average molecular weight is 618 g/mol. The Morgan fingerprint density at radius 3 is 2.84 bits per heavy atom. The number of fused-ring (bicyclic) bond motifs is 1. The number of aromatic nitrogens is 3. The molecule has 1 aliphatic carbocycles. The van der Waals surface area contributed by atoms with E-state index in [2.05, 4.69) is 25.2 Å². The summed E-state index contributed by atoms with van der Waals surface area (Å²) in [6, 6.07) is 15.7. The molecule has 1 aliphatic heterocycles. The van der Waals surface area contributed by atoms with Crippen molar-refractivity contribution >= 4 is 27.5 Å². The summed E-state index contributed by atoms with van der Waals surface area (Å²) in [7, 11) is 1.62. The molecule has 0 radical (unpaired) electrons. The number of thiazole rings is 1. The Bertz CT molecular complexity index is 1570. The molecule has 44 heavy (non-hydrogen) atoms. The van der Waals surface area contributed by atoms with E-state index in [4.69, 9.17) is 19.4 Å². The SMILES string of the molecule is COC[C@]1(O)CCCC[C@H]1n1cnc(C(=O)N2CCNC[C@H]2CCOc2ccc3sc(C(C)C)nc3c2)c1-c1ccccc1. The van der Waals surface area contributed by atoms with E-state index in [1.807, 2.05) is 51.9 Å². The summed E-state index contributed by atoms with van der Waals surface area (Å²) in [5, 5.41) is 16.3. The van der Waals surface area contributed by atoms with Crippen molar-refractivity contribution in [2.24, 2.45) is 0 Å². The van der Waals surface area contributed by atoms with Gasteiger partial charge in [-0.2, -0.15) is 0 Å². The van der Waals surface area contributed by atoms with Gasteiger partial charge in [0.15, 0.2) is 5.69 Å². The van der Waals surface area contributed by atoms with E-state index in [0.717, 1.165) is 58.0 Å². The number of hydrogen-bond donors (Lipinski definition) is 2. The molecule has 3 heterocycles. The first-order chi connectivity index (χ1) is 21.4. The van der Waals surface area contributed by atoms with Gasteiger partial charge in [-0.25, -0.2) is 9.97 Å². The summed E-state index contributed by atoms with van der Waals surface area (Å²) >= 11 is 1.73. The maximum absolute atomic E-state index is 14.3. The van der Waals surface area contributed by atoms with Crippen molar-refractivity contribution in [1.29, 1.82) is 0 Å². The zero-order chi connectivity index (χ0) is 30.7. The van der Waals surface area contributed by atoms with E-state index in [9.17, 15) is 9.90 Å². The maximum Gasteiger partial charge on any atom is 0.275 e. The normalized spacial score (nSPS) is 22.5. The van der Waals surface area contributed by atoms with Crippen molar-refractivity contribution in [3.05, 3.63) is 65.6 Å². The van der Waals surface area contributed by atoms with Gasteiger partial charge >= 0.3 is 0 Å². The lowest BCUT2D eigenvalue weighted by Gasteiger charge is -2.41. The fourth-order valence-corrected chi connectivity index (χ4v) is 7.60. The van der Waals surface area contributed by atoms with E-state index in [1.165, 1.54) is 0 Å². The predicted molar refractivity (Wildman–Crippen MR) is 174 cm³/mol. The molecular weight excluding hydrogens is 574 g/mol. The molecule has 10 heteroatoms. The Labute approximate surface area is 263 Å². The second-order valence-corrected chi connectivity index (χ2v) is 13.4. The van der Waals surface area contributed by atoms with Crippen LogP contribution in [0.5, 0.6) is 5.75 Å². The van der Waals surface area contributed by atoms with Crippen molar-refractivity contribution in [2.75, 3.05) is 40.0 Å². The van der Waals surface area contributed by atoms with Crippen LogP contribution < -0.4 is 10.1 Å². The van der Waals surface area contributed by atoms with Crippen LogP contribution in [0.15, 0.2) is 54.9 Å². The highest BCUT2D eigenvalue weighted by molar-refractivity contribution is 7.18. The molecule has 2 N–H and O–H groups in total. The van der Waals surface area contributed by atoms with Crippen molar-refractivity contribution in [1.82, 2.24) is 24.8 Å². The second-order valence-electron chi connectivity index (χ2n) is 12.3. The van der Waals surface area contributed by atoms with Crippen LogP contribution in [0.25, 0.3) is 21.5 Å². The standard InChI is InChI=1S/C34H43N5O4S/c1-23(2)32-37-27-19-26(12-13-28(27)44-32)43-18-14-25-20-35-16-17-38(25)33(40)30-31(24-9-5-4-6-10-24)39(22-36-30)29-11-7-8-15-34(29,41)21-42-3/h4-6,9-10,12-13,19,22-23,25,29,35,41H,7-8,11,14-18,20-21H2,1-3H3/t25-,29-,34-/m1/s1. The van der Waals surface area contributed by atoms with E-state index >= 15 is 0 Å². The highest BCUT2D eigenvalue weighted by Crippen LogP contribution is 2.41. The van der Waals surface area contributed by atoms with Gasteiger partial charge in [0.05, 0.1) is 46.5 Å². The van der Waals surface area contributed by atoms with Crippen LogP contribution in [0.2, 0.25) is 0 Å². The van der Waals surface area contributed by atoms with Gasteiger partial charge in [-0.15, -0.1) is 11.3 Å². The van der Waals surface area contributed by atoms with Crippen LogP contribution in [0.3, 0.4) is 0 Å². The molecular formula is C34H43N5O4S. The number of hydrogen-bond acceptors (Lipinski definition) is 8. The summed E-state index contributed by atoms with van der Waals surface area (Å²) < 4.78 is 14.8. The maximum atomic E-state index is 14.3. The van der Waals surface area contributed by atoms with E-state index in [1.54, 1.807) is 24.8 Å². The molecule has 3 atom stereocenters. The van der Waals surface area contributed by atoms with Gasteiger partial charge in [0.25, 0.3) is 5.91 Å². The number of imidazole rings is 1. The molecule has 6 rings (SSSR count). The molecule has 1 amide bonds. The van der Waals surface area contributed by atoms with Gasteiger partial charge in [-0.05, 0) is 25.0 Å².